The molecule has 22 heavy (non-hydrogen) atoms. The third kappa shape index (κ3) is 3.36. The molecule has 0 unspecified atom stereocenters. The second-order valence-electron chi connectivity index (χ2n) is 5.42. The maximum absolute atomic E-state index is 5.89. The molecule has 0 fully saturated rings. The lowest BCUT2D eigenvalue weighted by molar-refractivity contribution is 1.13. The number of nitrogens with zero attached hydrogens (tertiary/aromatic N) is 4. The van der Waals surface area contributed by atoms with Crippen LogP contribution in [0.1, 0.15) is 22.3 Å². The summed E-state index contributed by atoms with van der Waals surface area (Å²) in [5.41, 5.74) is 13.3. The van der Waals surface area contributed by atoms with Gasteiger partial charge in [0, 0.05) is 12.7 Å². The molecule has 0 amide bonds. The summed E-state index contributed by atoms with van der Waals surface area (Å²) in [5.74, 6) is 0. The highest BCUT2D eigenvalue weighted by Crippen LogP contribution is 2.31. The minimum Gasteiger partial charge on any atom is -0.399 e. The smallest absolute Gasteiger partial charge is 0.0890 e. The van der Waals surface area contributed by atoms with Crippen LogP contribution in [0.3, 0.4) is 0 Å². The highest BCUT2D eigenvalue weighted by Gasteiger charge is 2.05. The molecule has 0 radical (unpaired) electrons. The molecule has 5 nitrogen and oxygen atoms in total. The summed E-state index contributed by atoms with van der Waals surface area (Å²) in [6, 6.07) is 7.82. The lowest BCUT2D eigenvalue weighted by Crippen LogP contribution is -1.90. The number of benzene rings is 2. The summed E-state index contributed by atoms with van der Waals surface area (Å²) in [6.45, 7) is 7.92. The average Bonchev–Trinajstić information content (AvgIpc) is 2.46. The molecule has 0 heterocycles. The van der Waals surface area contributed by atoms with E-state index in [4.69, 9.17) is 5.73 Å². The molecule has 2 aromatic rings. The molecular weight excluding hydrogens is 274 g/mol. The zero-order valence-electron chi connectivity index (χ0n) is 13.7. The van der Waals surface area contributed by atoms with E-state index in [2.05, 4.69) is 20.5 Å². The topological polar surface area (TPSA) is 75.5 Å². The van der Waals surface area contributed by atoms with E-state index in [1.54, 1.807) is 7.05 Å². The quantitative estimate of drug-likeness (QED) is 0.578. The van der Waals surface area contributed by atoms with E-state index >= 15 is 0 Å². The molecule has 0 saturated carbocycles. The van der Waals surface area contributed by atoms with Crippen LogP contribution in [-0.4, -0.2) is 7.05 Å². The zero-order chi connectivity index (χ0) is 16.3. The van der Waals surface area contributed by atoms with Crippen molar-refractivity contribution in [2.24, 2.45) is 20.5 Å². The van der Waals surface area contributed by atoms with Gasteiger partial charge in [-0.2, -0.15) is 20.5 Å². The molecule has 0 atom stereocenters. The summed E-state index contributed by atoms with van der Waals surface area (Å²) < 4.78 is 0. The minimum absolute atomic E-state index is 0.776. The van der Waals surface area contributed by atoms with Gasteiger partial charge in [-0.15, -0.1) is 0 Å². The van der Waals surface area contributed by atoms with E-state index in [0.717, 1.165) is 45.0 Å². The Hall–Kier alpha value is -2.56. The standard InChI is InChI=1S/C17H21N5/c1-10-7-16(11(2)6-14(10)18)21-22-17-9-12(3)15(20-19-5)8-13(17)4/h6-9H,18H2,1-5H3. The Labute approximate surface area is 131 Å². The first-order chi connectivity index (χ1) is 10.4. The first kappa shape index (κ1) is 15.8. The van der Waals surface area contributed by atoms with Gasteiger partial charge in [0.05, 0.1) is 17.1 Å². The van der Waals surface area contributed by atoms with Crippen LogP contribution in [0.5, 0.6) is 0 Å². The third-order valence-corrected chi connectivity index (χ3v) is 3.57. The van der Waals surface area contributed by atoms with Crippen molar-refractivity contribution in [2.45, 2.75) is 27.7 Å². The van der Waals surface area contributed by atoms with E-state index < -0.39 is 0 Å². The first-order valence-electron chi connectivity index (χ1n) is 7.12. The maximum atomic E-state index is 5.89. The molecule has 0 spiro atoms. The van der Waals surface area contributed by atoms with Crippen molar-refractivity contribution in [3.63, 3.8) is 0 Å². The minimum atomic E-state index is 0.776. The molecule has 0 aliphatic heterocycles. The Morgan fingerprint density at radius 2 is 1.05 bits per heavy atom. The van der Waals surface area contributed by atoms with Crippen LogP contribution in [-0.2, 0) is 0 Å². The number of hydrogen-bond donors (Lipinski definition) is 1. The van der Waals surface area contributed by atoms with Gasteiger partial charge in [-0.3, -0.25) is 0 Å². The maximum Gasteiger partial charge on any atom is 0.0890 e. The van der Waals surface area contributed by atoms with E-state index in [1.165, 1.54) is 0 Å². The fraction of sp³-hybridized carbons (Fsp3) is 0.294. The Bertz CT molecular complexity index is 760. The number of nitrogen functional groups attached to an aromatic ring is 1. The fourth-order valence-electron chi connectivity index (χ4n) is 2.15. The third-order valence-electron chi connectivity index (χ3n) is 3.57. The highest BCUT2D eigenvalue weighted by molar-refractivity contribution is 5.60. The van der Waals surface area contributed by atoms with Crippen molar-refractivity contribution in [3.8, 4) is 0 Å². The molecule has 0 aliphatic rings. The van der Waals surface area contributed by atoms with Crippen molar-refractivity contribution in [2.75, 3.05) is 12.8 Å². The molecular formula is C17H21N5. The number of anilines is 1. The van der Waals surface area contributed by atoms with Gasteiger partial charge in [0.2, 0.25) is 0 Å². The van der Waals surface area contributed by atoms with Crippen molar-refractivity contribution in [1.82, 2.24) is 0 Å². The predicted octanol–water partition coefficient (Wildman–Crippen LogP) is 5.63. The van der Waals surface area contributed by atoms with Gasteiger partial charge in [-0.1, -0.05) is 0 Å². The van der Waals surface area contributed by atoms with Crippen LogP contribution < -0.4 is 5.73 Å². The normalized spacial score (nSPS) is 11.7. The molecule has 2 rings (SSSR count). The van der Waals surface area contributed by atoms with Gasteiger partial charge < -0.3 is 5.73 Å². The molecule has 0 saturated heterocycles. The number of azo groups is 2. The van der Waals surface area contributed by atoms with E-state index in [0.29, 0.717) is 0 Å². The Kier molecular flexibility index (Phi) is 4.65. The summed E-state index contributed by atoms with van der Waals surface area (Å²) in [7, 11) is 1.66. The van der Waals surface area contributed by atoms with Crippen molar-refractivity contribution in [1.29, 1.82) is 0 Å². The Morgan fingerprint density at radius 3 is 1.55 bits per heavy atom. The van der Waals surface area contributed by atoms with Crippen LogP contribution in [0, 0.1) is 27.7 Å². The zero-order valence-corrected chi connectivity index (χ0v) is 13.7. The van der Waals surface area contributed by atoms with E-state index in [1.807, 2.05) is 52.0 Å². The van der Waals surface area contributed by atoms with Gasteiger partial charge in [0.15, 0.2) is 0 Å². The van der Waals surface area contributed by atoms with Gasteiger partial charge in [0.1, 0.15) is 0 Å². The molecule has 0 aromatic heterocycles. The van der Waals surface area contributed by atoms with E-state index in [9.17, 15) is 0 Å². The van der Waals surface area contributed by atoms with E-state index in [-0.39, 0.29) is 0 Å². The summed E-state index contributed by atoms with van der Waals surface area (Å²) >= 11 is 0. The fourth-order valence-corrected chi connectivity index (χ4v) is 2.15. The summed E-state index contributed by atoms with van der Waals surface area (Å²) in [5, 5.41) is 16.7. The molecule has 0 aliphatic carbocycles. The Morgan fingerprint density at radius 1 is 0.636 bits per heavy atom. The van der Waals surface area contributed by atoms with Crippen molar-refractivity contribution >= 4 is 22.7 Å². The van der Waals surface area contributed by atoms with Crippen LogP contribution in [0.4, 0.5) is 22.7 Å². The van der Waals surface area contributed by atoms with Gasteiger partial charge in [-0.25, -0.2) is 0 Å². The number of hydrogen-bond acceptors (Lipinski definition) is 5. The lowest BCUT2D eigenvalue weighted by atomic mass is 10.1. The van der Waals surface area contributed by atoms with Crippen molar-refractivity contribution < 1.29 is 0 Å². The van der Waals surface area contributed by atoms with Crippen LogP contribution in [0.25, 0.3) is 0 Å². The Balaban J connectivity index is 2.39. The average molecular weight is 295 g/mol. The predicted molar refractivity (Wildman–Crippen MR) is 90.9 cm³/mol. The van der Waals surface area contributed by atoms with Gasteiger partial charge in [-0.05, 0) is 74.2 Å². The second-order valence-corrected chi connectivity index (χ2v) is 5.42. The molecule has 0 bridgehead atoms. The molecule has 5 heteroatoms. The SMILES string of the molecule is CN=Nc1cc(C)c(N=Nc2cc(C)c(N)cc2C)cc1C. The molecule has 2 N–H and O–H groups in total. The van der Waals surface area contributed by atoms with Crippen molar-refractivity contribution in [3.05, 3.63) is 46.5 Å². The second kappa shape index (κ2) is 6.47. The van der Waals surface area contributed by atoms with Crippen LogP contribution in [0.15, 0.2) is 44.7 Å². The number of nitrogens with two attached hydrogens (primary N) is 1. The molecule has 114 valence electrons. The first-order valence-corrected chi connectivity index (χ1v) is 7.12. The summed E-state index contributed by atoms with van der Waals surface area (Å²) in [6.07, 6.45) is 0. The van der Waals surface area contributed by atoms with Crippen LogP contribution >= 0.6 is 0 Å². The molecule has 2 aromatic carbocycles. The summed E-state index contributed by atoms with van der Waals surface area (Å²) in [4.78, 5) is 0. The van der Waals surface area contributed by atoms with Gasteiger partial charge >= 0.3 is 0 Å². The van der Waals surface area contributed by atoms with Gasteiger partial charge in [0.25, 0.3) is 0 Å². The lowest BCUT2D eigenvalue weighted by Gasteiger charge is -2.06. The monoisotopic (exact) mass is 295 g/mol. The number of rotatable bonds is 3. The largest absolute Gasteiger partial charge is 0.399 e. The number of aryl methyl sites for hydroxylation is 4. The highest BCUT2D eigenvalue weighted by atomic mass is 15.1. The van der Waals surface area contributed by atoms with Crippen LogP contribution in [0.2, 0.25) is 0 Å².